The van der Waals surface area contributed by atoms with Crippen molar-refractivity contribution in [2.75, 3.05) is 0 Å². The van der Waals surface area contributed by atoms with Crippen molar-refractivity contribution in [2.24, 2.45) is 0 Å². The first kappa shape index (κ1) is 38.5. The first-order valence-electron chi connectivity index (χ1n) is 18.6. The summed E-state index contributed by atoms with van der Waals surface area (Å²) in [4.78, 5) is 8.01. The van der Waals surface area contributed by atoms with Crippen molar-refractivity contribution in [3.63, 3.8) is 0 Å². The predicted octanol–water partition coefficient (Wildman–Crippen LogP) is 17.7. The molecule has 10 heteroatoms. The van der Waals surface area contributed by atoms with Crippen LogP contribution < -0.4 is 0 Å². The first-order chi connectivity index (χ1) is 29.2. The van der Waals surface area contributed by atoms with E-state index >= 15 is 0 Å². The molecule has 0 atom stereocenters. The Morgan fingerprint density at radius 1 is 0.267 bits per heavy atom. The fourth-order valence-corrected chi connectivity index (χ4v) is 13.1. The molecule has 0 saturated heterocycles. The van der Waals surface area contributed by atoms with Gasteiger partial charge >= 0.3 is 0 Å². The second-order valence-electron chi connectivity index (χ2n) is 14.0. The van der Waals surface area contributed by atoms with Crippen LogP contribution in [0.4, 0.5) is 22.0 Å². The van der Waals surface area contributed by atoms with E-state index in [2.05, 4.69) is 29.6 Å². The van der Waals surface area contributed by atoms with Crippen molar-refractivity contribution in [3.05, 3.63) is 192 Å². The maximum absolute atomic E-state index is 14.4. The van der Waals surface area contributed by atoms with Crippen molar-refractivity contribution in [1.82, 2.24) is 0 Å². The lowest BCUT2D eigenvalue weighted by molar-refractivity contribution is 0.627. The zero-order chi connectivity index (χ0) is 40.9. The van der Waals surface area contributed by atoms with Crippen LogP contribution in [0.5, 0.6) is 0 Å². The molecule has 5 aromatic heterocycles. The van der Waals surface area contributed by atoms with Gasteiger partial charge in [0.15, 0.2) is 0 Å². The van der Waals surface area contributed by atoms with Gasteiger partial charge in [-0.15, -0.1) is 56.7 Å². The molecule has 0 unspecified atom stereocenters. The number of thiophene rings is 5. The van der Waals surface area contributed by atoms with Crippen LogP contribution in [-0.4, -0.2) is 0 Å². The highest BCUT2D eigenvalue weighted by atomic mass is 32.1. The lowest BCUT2D eigenvalue weighted by Gasteiger charge is -2.02. The van der Waals surface area contributed by atoms with Gasteiger partial charge in [0.25, 0.3) is 0 Å². The summed E-state index contributed by atoms with van der Waals surface area (Å²) in [7, 11) is 0. The van der Waals surface area contributed by atoms with E-state index in [4.69, 9.17) is 0 Å². The maximum Gasteiger partial charge on any atom is 0.123 e. The molecule has 5 heterocycles. The van der Waals surface area contributed by atoms with E-state index in [1.807, 2.05) is 11.4 Å². The topological polar surface area (TPSA) is 0 Å². The summed E-state index contributed by atoms with van der Waals surface area (Å²) >= 11 is 8.10. The van der Waals surface area contributed by atoms with Crippen molar-refractivity contribution in [3.8, 4) is 94.7 Å². The van der Waals surface area contributed by atoms with Gasteiger partial charge < -0.3 is 0 Å². The van der Waals surface area contributed by atoms with Crippen molar-refractivity contribution >= 4 is 56.7 Å². The zero-order valence-electron chi connectivity index (χ0n) is 31.0. The maximum atomic E-state index is 14.4. The molecule has 10 aromatic rings. The first-order valence-corrected chi connectivity index (χ1v) is 22.8. The Labute approximate surface area is 362 Å². The SMILES string of the molecule is Fc1ccc(-c2csc(-c3sc(-c4sc(-c5sc(-c6sccc6-c6ccc(F)cc6)cc5-c5ccc(F)cc5)cc4-c4ccc(F)cc4)cc3-c3ccc(F)cc3)c2)cc1. The molecule has 0 N–H and O–H groups in total. The highest BCUT2D eigenvalue weighted by molar-refractivity contribution is 7.30. The van der Waals surface area contributed by atoms with Gasteiger partial charge in [-0.3, -0.25) is 0 Å². The molecule has 0 radical (unpaired) electrons. The number of benzene rings is 5. The van der Waals surface area contributed by atoms with Gasteiger partial charge in [0.2, 0.25) is 0 Å². The average molecular weight is 883 g/mol. The summed E-state index contributed by atoms with van der Waals surface area (Å²) in [6.07, 6.45) is 0. The molecule has 0 saturated carbocycles. The average Bonchev–Trinajstić information content (AvgIpc) is 4.12. The lowest BCUT2D eigenvalue weighted by Crippen LogP contribution is -1.80. The number of hydrogen-bond donors (Lipinski definition) is 0. The van der Waals surface area contributed by atoms with Crippen LogP contribution in [0.15, 0.2) is 162 Å². The fourth-order valence-electron chi connectivity index (χ4n) is 7.20. The minimum atomic E-state index is -0.336. The molecular weight excluding hydrogens is 856 g/mol. The molecular formula is C50H27F5S5. The minimum Gasteiger partial charge on any atom is -0.207 e. The number of rotatable bonds is 9. The Morgan fingerprint density at radius 3 is 1.00 bits per heavy atom. The summed E-state index contributed by atoms with van der Waals surface area (Å²) in [5, 5.41) is 4.09. The van der Waals surface area contributed by atoms with Crippen LogP contribution in [0.3, 0.4) is 0 Å². The van der Waals surface area contributed by atoms with Crippen molar-refractivity contribution in [2.45, 2.75) is 0 Å². The fraction of sp³-hybridized carbons (Fsp3) is 0. The van der Waals surface area contributed by atoms with E-state index in [0.717, 1.165) is 94.7 Å². The smallest absolute Gasteiger partial charge is 0.123 e. The minimum absolute atomic E-state index is 0.298. The number of halogens is 5. The molecule has 0 spiro atoms. The predicted molar refractivity (Wildman–Crippen MR) is 245 cm³/mol. The second kappa shape index (κ2) is 16.0. The summed E-state index contributed by atoms with van der Waals surface area (Å²) in [6, 6.07) is 43.0. The monoisotopic (exact) mass is 882 g/mol. The van der Waals surface area contributed by atoms with Gasteiger partial charge in [-0.1, -0.05) is 60.7 Å². The van der Waals surface area contributed by atoms with Crippen LogP contribution in [0, 0.1) is 29.1 Å². The molecule has 292 valence electrons. The lowest BCUT2D eigenvalue weighted by atomic mass is 10.0. The number of hydrogen-bond acceptors (Lipinski definition) is 5. The van der Waals surface area contributed by atoms with Gasteiger partial charge in [-0.05, 0) is 135 Å². The molecule has 60 heavy (non-hydrogen) atoms. The third-order valence-corrected chi connectivity index (χ3v) is 16.1. The molecule has 0 fully saturated rings. The largest absolute Gasteiger partial charge is 0.207 e. The molecule has 0 aliphatic rings. The van der Waals surface area contributed by atoms with E-state index < -0.39 is 0 Å². The van der Waals surface area contributed by atoms with Crippen LogP contribution in [0.25, 0.3) is 94.7 Å². The highest BCUT2D eigenvalue weighted by Gasteiger charge is 2.25. The van der Waals surface area contributed by atoms with Crippen LogP contribution in [0.1, 0.15) is 0 Å². The molecule has 0 bridgehead atoms. The summed E-state index contributed by atoms with van der Waals surface area (Å²) < 4.78 is 70.7. The summed E-state index contributed by atoms with van der Waals surface area (Å²) in [5.41, 5.74) is 9.15. The summed E-state index contributed by atoms with van der Waals surface area (Å²) in [5.74, 6) is -1.59. The zero-order valence-corrected chi connectivity index (χ0v) is 35.1. The Bertz CT molecular complexity index is 3110. The van der Waals surface area contributed by atoms with Gasteiger partial charge in [0.05, 0.1) is 19.5 Å². The molecule has 0 aliphatic heterocycles. The second-order valence-corrected chi connectivity index (χ2v) is 18.9. The van der Waals surface area contributed by atoms with Crippen LogP contribution in [-0.2, 0) is 0 Å². The Hall–Kier alpha value is -5.75. The normalized spacial score (nSPS) is 11.4. The quantitative estimate of drug-likeness (QED) is 0.127. The third kappa shape index (κ3) is 7.50. The standard InChI is InChI=1S/C50H27F5S5/c51-34-11-1-28(2-12-34)33-23-43(57-27-33)48-40(30-5-15-36(53)16-6-30)25-45(59-48)50-42(32-9-19-38(55)20-10-32)26-46(60-50)49-41(31-7-17-37(54)18-8-31)24-44(58-49)47-39(21-22-56-47)29-3-13-35(52)14-4-29/h1-27H. The van der Waals surface area contributed by atoms with E-state index in [1.165, 1.54) is 60.7 Å². The molecule has 5 aromatic carbocycles. The van der Waals surface area contributed by atoms with Gasteiger partial charge in [0.1, 0.15) is 29.1 Å². The molecule has 0 nitrogen and oxygen atoms in total. The Morgan fingerprint density at radius 2 is 0.600 bits per heavy atom. The van der Waals surface area contributed by atoms with E-state index in [-0.39, 0.29) is 29.1 Å². The summed E-state index contributed by atoms with van der Waals surface area (Å²) in [6.45, 7) is 0. The Kier molecular flexibility index (Phi) is 10.3. The molecule has 0 aliphatic carbocycles. The Balaban J connectivity index is 1.16. The van der Waals surface area contributed by atoms with Gasteiger partial charge in [-0.2, -0.15) is 0 Å². The van der Waals surface area contributed by atoms with Gasteiger partial charge in [-0.25, -0.2) is 22.0 Å². The molecule has 10 rings (SSSR count). The van der Waals surface area contributed by atoms with Gasteiger partial charge in [0, 0.05) is 41.8 Å². The van der Waals surface area contributed by atoms with Crippen LogP contribution >= 0.6 is 56.7 Å². The third-order valence-electron chi connectivity index (χ3n) is 10.2. The van der Waals surface area contributed by atoms with E-state index in [1.54, 1.807) is 117 Å². The van der Waals surface area contributed by atoms with Crippen molar-refractivity contribution in [1.29, 1.82) is 0 Å². The molecule has 0 amide bonds. The van der Waals surface area contributed by atoms with Crippen molar-refractivity contribution < 1.29 is 22.0 Å². The van der Waals surface area contributed by atoms with Crippen LogP contribution in [0.2, 0.25) is 0 Å². The van der Waals surface area contributed by atoms with E-state index in [9.17, 15) is 22.0 Å². The van der Waals surface area contributed by atoms with E-state index in [0.29, 0.717) is 0 Å². The highest BCUT2D eigenvalue weighted by Crippen LogP contribution is 2.55.